The minimum absolute atomic E-state index is 1.05. The van der Waals surface area contributed by atoms with Gasteiger partial charge >= 0.3 is 0 Å². The maximum Gasteiger partial charge on any atom is 0.0366 e. The number of anilines is 2. The van der Waals surface area contributed by atoms with Gasteiger partial charge in [-0.1, -0.05) is 79.7 Å². The van der Waals surface area contributed by atoms with Gasteiger partial charge in [-0.25, -0.2) is 0 Å². The smallest absolute Gasteiger partial charge is 0.0366 e. The summed E-state index contributed by atoms with van der Waals surface area (Å²) < 4.78 is 0. The average Bonchev–Trinajstić information content (AvgIpc) is 2.86. The normalized spacial score (nSPS) is 8.53. The summed E-state index contributed by atoms with van der Waals surface area (Å²) in [6, 6.07) is 17.8. The zero-order chi connectivity index (χ0) is 23.9. The van der Waals surface area contributed by atoms with Gasteiger partial charge in [-0.05, 0) is 63.1 Å². The van der Waals surface area contributed by atoms with Crippen molar-refractivity contribution < 1.29 is 0 Å². The molecule has 0 aliphatic heterocycles. The van der Waals surface area contributed by atoms with E-state index in [-0.39, 0.29) is 0 Å². The molecule has 0 aliphatic rings. The first-order valence-electron chi connectivity index (χ1n) is 12.4. The summed E-state index contributed by atoms with van der Waals surface area (Å²) in [5.74, 6) is 0. The highest BCUT2D eigenvalue weighted by Crippen LogP contribution is 2.25. The van der Waals surface area contributed by atoms with Crippen LogP contribution >= 0.6 is 0 Å². The van der Waals surface area contributed by atoms with Gasteiger partial charge in [-0.3, -0.25) is 0 Å². The molecule has 0 N–H and O–H groups in total. The second-order valence-corrected chi connectivity index (χ2v) is 5.44. The molecular weight excluding hydrogens is 364 g/mol. The van der Waals surface area contributed by atoms with Crippen LogP contribution in [-0.4, -0.2) is 26.2 Å². The van der Waals surface area contributed by atoms with Crippen molar-refractivity contribution in [3.8, 4) is 11.1 Å². The zero-order valence-corrected chi connectivity index (χ0v) is 22.3. The monoisotopic (exact) mass is 416 g/mol. The fourth-order valence-electron chi connectivity index (χ4n) is 2.91. The summed E-state index contributed by atoms with van der Waals surface area (Å²) in [7, 11) is 0. The van der Waals surface area contributed by atoms with E-state index in [1.54, 1.807) is 0 Å². The molecule has 30 heavy (non-hydrogen) atoms. The molecule has 0 unspecified atom stereocenters. The summed E-state index contributed by atoms with van der Waals surface area (Å²) in [4.78, 5) is 4.74. The minimum Gasteiger partial charge on any atom is -0.372 e. The van der Waals surface area contributed by atoms with Crippen LogP contribution in [0, 0.1) is 0 Å². The average molecular weight is 417 g/mol. The highest BCUT2D eigenvalue weighted by Gasteiger charge is 2.04. The highest BCUT2D eigenvalue weighted by atomic mass is 15.1. The molecule has 0 aromatic heterocycles. The number of hydrogen-bond acceptors (Lipinski definition) is 2. The Bertz CT molecular complexity index is 497. The topological polar surface area (TPSA) is 6.48 Å². The third kappa shape index (κ3) is 11.3. The summed E-state index contributed by atoms with van der Waals surface area (Å²) in [5, 5.41) is 0. The van der Waals surface area contributed by atoms with Gasteiger partial charge in [0.15, 0.2) is 0 Å². The predicted octanol–water partition coefficient (Wildman–Crippen LogP) is 9.15. The van der Waals surface area contributed by atoms with Gasteiger partial charge in [-0.2, -0.15) is 0 Å². The Morgan fingerprint density at radius 2 is 0.600 bits per heavy atom. The lowest BCUT2D eigenvalue weighted by Gasteiger charge is -2.22. The predicted molar refractivity (Wildman–Crippen MR) is 144 cm³/mol. The van der Waals surface area contributed by atoms with E-state index in [2.05, 4.69) is 86.0 Å². The third-order valence-corrected chi connectivity index (χ3v) is 4.33. The van der Waals surface area contributed by atoms with Crippen molar-refractivity contribution in [1.29, 1.82) is 0 Å². The first-order chi connectivity index (χ1) is 14.7. The van der Waals surface area contributed by atoms with Crippen LogP contribution in [0.5, 0.6) is 0 Å². The van der Waals surface area contributed by atoms with E-state index in [1.807, 2.05) is 55.4 Å². The lowest BCUT2D eigenvalue weighted by Crippen LogP contribution is -2.21. The van der Waals surface area contributed by atoms with Crippen LogP contribution in [0.2, 0.25) is 0 Å². The zero-order valence-electron chi connectivity index (χ0n) is 22.3. The second kappa shape index (κ2) is 23.3. The Kier molecular flexibility index (Phi) is 25.4. The van der Waals surface area contributed by atoms with Crippen molar-refractivity contribution in [3.05, 3.63) is 48.5 Å². The van der Waals surface area contributed by atoms with Crippen molar-refractivity contribution in [2.45, 2.75) is 83.1 Å². The van der Waals surface area contributed by atoms with Crippen LogP contribution in [-0.2, 0) is 0 Å². The van der Waals surface area contributed by atoms with Gasteiger partial charge in [0.2, 0.25) is 0 Å². The Morgan fingerprint density at radius 1 is 0.400 bits per heavy atom. The lowest BCUT2D eigenvalue weighted by atomic mass is 10.0. The van der Waals surface area contributed by atoms with E-state index >= 15 is 0 Å². The van der Waals surface area contributed by atoms with E-state index in [9.17, 15) is 0 Å². The molecule has 0 saturated heterocycles. The van der Waals surface area contributed by atoms with Crippen molar-refractivity contribution in [2.75, 3.05) is 36.0 Å². The molecule has 2 aromatic carbocycles. The molecule has 0 aliphatic carbocycles. The quantitative estimate of drug-likeness (QED) is 0.444. The molecule has 0 bridgehead atoms. The number of nitrogens with zero attached hydrogens (tertiary/aromatic N) is 2. The Hall–Kier alpha value is -1.96. The maximum absolute atomic E-state index is 2.37. The van der Waals surface area contributed by atoms with Gasteiger partial charge in [-0.15, -0.1) is 0 Å². The van der Waals surface area contributed by atoms with Gasteiger partial charge in [0.25, 0.3) is 0 Å². The Morgan fingerprint density at radius 3 is 0.767 bits per heavy atom. The van der Waals surface area contributed by atoms with E-state index in [0.29, 0.717) is 0 Å². The molecule has 0 heterocycles. The molecule has 0 radical (unpaired) electrons. The minimum atomic E-state index is 1.05. The fourth-order valence-corrected chi connectivity index (χ4v) is 2.91. The van der Waals surface area contributed by atoms with Gasteiger partial charge in [0, 0.05) is 37.6 Å². The van der Waals surface area contributed by atoms with Gasteiger partial charge < -0.3 is 9.80 Å². The molecule has 2 heteroatoms. The molecular formula is C28H52N2. The molecule has 0 amide bonds. The number of rotatable bonds is 7. The SMILES string of the molecule is CC.CC.CC.CC.CCN(CC)c1ccc(-c2ccc(N(CC)CC)cc2)cc1. The largest absolute Gasteiger partial charge is 0.372 e. The van der Waals surface area contributed by atoms with Crippen molar-refractivity contribution >= 4 is 11.4 Å². The maximum atomic E-state index is 2.37. The summed E-state index contributed by atoms with van der Waals surface area (Å²) in [6.07, 6.45) is 0. The molecule has 0 fully saturated rings. The highest BCUT2D eigenvalue weighted by molar-refractivity contribution is 5.68. The van der Waals surface area contributed by atoms with Crippen LogP contribution < -0.4 is 9.80 Å². The third-order valence-electron chi connectivity index (χ3n) is 4.33. The van der Waals surface area contributed by atoms with Gasteiger partial charge in [0.05, 0.1) is 0 Å². The molecule has 2 nitrogen and oxygen atoms in total. The van der Waals surface area contributed by atoms with Crippen molar-refractivity contribution in [2.24, 2.45) is 0 Å². The second-order valence-electron chi connectivity index (χ2n) is 5.44. The first kappa shape index (κ1) is 32.7. The number of hydrogen-bond donors (Lipinski definition) is 0. The van der Waals surface area contributed by atoms with Crippen LogP contribution in [0.1, 0.15) is 83.1 Å². The molecule has 0 spiro atoms. The fraction of sp³-hybridized carbons (Fsp3) is 0.571. The van der Waals surface area contributed by atoms with Crippen LogP contribution in [0.4, 0.5) is 11.4 Å². The number of benzene rings is 2. The molecule has 2 aromatic rings. The molecule has 174 valence electrons. The summed E-state index contributed by atoms with van der Waals surface area (Å²) in [5.41, 5.74) is 5.16. The Labute approximate surface area is 190 Å². The van der Waals surface area contributed by atoms with Crippen LogP contribution in [0.25, 0.3) is 11.1 Å². The Balaban J connectivity index is -0.000000815. The van der Waals surface area contributed by atoms with E-state index in [0.717, 1.165) is 26.2 Å². The van der Waals surface area contributed by atoms with E-state index < -0.39 is 0 Å². The first-order valence-corrected chi connectivity index (χ1v) is 12.4. The summed E-state index contributed by atoms with van der Waals surface area (Å²) in [6.45, 7) is 29.0. The van der Waals surface area contributed by atoms with Crippen molar-refractivity contribution in [1.82, 2.24) is 0 Å². The summed E-state index contributed by atoms with van der Waals surface area (Å²) >= 11 is 0. The van der Waals surface area contributed by atoms with Crippen molar-refractivity contribution in [3.63, 3.8) is 0 Å². The molecule has 0 saturated carbocycles. The van der Waals surface area contributed by atoms with E-state index in [1.165, 1.54) is 22.5 Å². The van der Waals surface area contributed by atoms with E-state index in [4.69, 9.17) is 0 Å². The molecule has 0 atom stereocenters. The standard InChI is InChI=1S/C20H28N2.4C2H6/c1-5-21(6-2)19-13-9-17(10-14-19)18-11-15-20(16-12-18)22(7-3)8-4;4*1-2/h9-16H,5-8H2,1-4H3;4*1-2H3. The van der Waals surface area contributed by atoms with Crippen LogP contribution in [0.15, 0.2) is 48.5 Å². The molecule has 2 rings (SSSR count). The lowest BCUT2D eigenvalue weighted by molar-refractivity contribution is 0.866. The van der Waals surface area contributed by atoms with Gasteiger partial charge in [0.1, 0.15) is 0 Å². The van der Waals surface area contributed by atoms with Crippen LogP contribution in [0.3, 0.4) is 0 Å².